The fraction of sp³-hybridized carbons (Fsp3) is 0.562. The van der Waals surface area contributed by atoms with Gasteiger partial charge < -0.3 is 9.94 Å². The largest absolute Gasteiger partial charge is 0.508 e. The lowest BCUT2D eigenvalue weighted by atomic mass is 9.88. The third kappa shape index (κ3) is 2.03. The van der Waals surface area contributed by atoms with E-state index < -0.39 is 0 Å². The second-order valence-electron chi connectivity index (χ2n) is 6.18. The van der Waals surface area contributed by atoms with Crippen LogP contribution < -0.4 is 5.06 Å². The molecule has 1 aliphatic carbocycles. The molecule has 4 nitrogen and oxygen atoms in total. The minimum atomic E-state index is -0.209. The number of nitrogens with zero attached hydrogens (tertiary/aromatic N) is 1. The number of hydrogen-bond acceptors (Lipinski definition) is 4. The van der Waals surface area contributed by atoms with E-state index in [0.29, 0.717) is 12.2 Å². The number of aromatic hydroxyl groups is 1. The zero-order valence-electron chi connectivity index (χ0n) is 12.3. The number of fused-ring (bicyclic) bond motifs is 1. The molecule has 0 unspecified atom stereocenters. The van der Waals surface area contributed by atoms with Crippen molar-refractivity contribution >= 4 is 11.7 Å². The highest BCUT2D eigenvalue weighted by atomic mass is 16.7. The Hall–Kier alpha value is -1.71. The highest BCUT2D eigenvalue weighted by Crippen LogP contribution is 2.54. The van der Waals surface area contributed by atoms with Gasteiger partial charge in [0.15, 0.2) is 0 Å². The van der Waals surface area contributed by atoms with Crippen LogP contribution in [0.4, 0.5) is 5.69 Å². The first kappa shape index (κ1) is 13.3. The van der Waals surface area contributed by atoms with Crippen LogP contribution in [0.5, 0.6) is 5.75 Å². The highest BCUT2D eigenvalue weighted by molar-refractivity contribution is 5.73. The Kier molecular flexibility index (Phi) is 2.92. The predicted molar refractivity (Wildman–Crippen MR) is 76.7 cm³/mol. The molecule has 0 atom stereocenters. The van der Waals surface area contributed by atoms with Crippen LogP contribution in [0.2, 0.25) is 0 Å². The fourth-order valence-electron chi connectivity index (χ4n) is 3.05. The minimum Gasteiger partial charge on any atom is -0.508 e. The van der Waals surface area contributed by atoms with E-state index in [4.69, 9.17) is 4.84 Å². The van der Waals surface area contributed by atoms with E-state index in [2.05, 4.69) is 0 Å². The first-order chi connectivity index (χ1) is 9.46. The lowest BCUT2D eigenvalue weighted by Crippen LogP contribution is -2.38. The van der Waals surface area contributed by atoms with Crippen LogP contribution in [-0.4, -0.2) is 17.6 Å². The second kappa shape index (κ2) is 4.40. The summed E-state index contributed by atoms with van der Waals surface area (Å²) in [5, 5.41) is 11.8. The molecule has 0 radical (unpaired) electrons. The van der Waals surface area contributed by atoms with Gasteiger partial charge in [0.2, 0.25) is 0 Å². The van der Waals surface area contributed by atoms with Crippen LogP contribution in [0.15, 0.2) is 6.07 Å². The van der Waals surface area contributed by atoms with E-state index in [1.54, 1.807) is 12.0 Å². The van der Waals surface area contributed by atoms with Crippen molar-refractivity contribution in [3.8, 4) is 5.75 Å². The summed E-state index contributed by atoms with van der Waals surface area (Å²) in [5.74, 6) is 0.125. The number of hydrogen-bond donors (Lipinski definition) is 1. The van der Waals surface area contributed by atoms with Crippen LogP contribution in [0, 0.1) is 19.3 Å². The number of hydroxylamine groups is 1. The van der Waals surface area contributed by atoms with Gasteiger partial charge in [-0.15, -0.1) is 0 Å². The van der Waals surface area contributed by atoms with Crippen molar-refractivity contribution in [3.63, 3.8) is 0 Å². The summed E-state index contributed by atoms with van der Waals surface area (Å²) in [5.41, 5.74) is 4.17. The second-order valence-corrected chi connectivity index (χ2v) is 6.18. The SMILES string of the molecule is CCC(=O)ON1CC2(CC2)Cc2cc(O)c(C)c(C)c21. The summed E-state index contributed by atoms with van der Waals surface area (Å²) in [6.45, 7) is 6.45. The minimum absolute atomic E-state index is 0.209. The zero-order chi connectivity index (χ0) is 14.5. The van der Waals surface area contributed by atoms with Crippen LogP contribution in [0.25, 0.3) is 0 Å². The molecule has 0 aromatic heterocycles. The molecule has 1 aromatic carbocycles. The van der Waals surface area contributed by atoms with Gasteiger partial charge in [-0.2, -0.15) is 0 Å². The Labute approximate surface area is 119 Å². The highest BCUT2D eigenvalue weighted by Gasteiger charge is 2.49. The molecule has 0 amide bonds. The quantitative estimate of drug-likeness (QED) is 0.901. The van der Waals surface area contributed by atoms with Crippen molar-refractivity contribution < 1.29 is 14.7 Å². The molecular weight excluding hydrogens is 254 g/mol. The molecule has 20 heavy (non-hydrogen) atoms. The Balaban J connectivity index is 2.05. The van der Waals surface area contributed by atoms with Gasteiger partial charge in [0.25, 0.3) is 0 Å². The summed E-state index contributed by atoms with van der Waals surface area (Å²) in [7, 11) is 0. The number of carbonyl (C=O) groups excluding carboxylic acids is 1. The predicted octanol–water partition coefficient (Wildman–Crippen LogP) is 3.02. The average Bonchev–Trinajstić information content (AvgIpc) is 3.14. The lowest BCUT2D eigenvalue weighted by Gasteiger charge is -2.36. The summed E-state index contributed by atoms with van der Waals surface area (Å²) in [6.07, 6.45) is 3.67. The van der Waals surface area contributed by atoms with Crippen LogP contribution in [0.1, 0.15) is 42.9 Å². The van der Waals surface area contributed by atoms with Crippen molar-refractivity contribution in [2.45, 2.75) is 46.5 Å². The molecular formula is C16H21NO3. The van der Waals surface area contributed by atoms with Crippen molar-refractivity contribution in [2.24, 2.45) is 5.41 Å². The molecule has 1 saturated carbocycles. The first-order valence-corrected chi connectivity index (χ1v) is 7.26. The van der Waals surface area contributed by atoms with Gasteiger partial charge in [0.1, 0.15) is 5.75 Å². The maximum atomic E-state index is 11.7. The van der Waals surface area contributed by atoms with E-state index in [9.17, 15) is 9.90 Å². The summed E-state index contributed by atoms with van der Waals surface area (Å²) in [6, 6.07) is 1.84. The number of rotatable bonds is 2. The van der Waals surface area contributed by atoms with Gasteiger partial charge in [-0.1, -0.05) is 6.92 Å². The normalized spacial score (nSPS) is 18.9. The van der Waals surface area contributed by atoms with Crippen molar-refractivity contribution in [2.75, 3.05) is 11.6 Å². The lowest BCUT2D eigenvalue weighted by molar-refractivity contribution is -0.145. The van der Waals surface area contributed by atoms with Gasteiger partial charge in [-0.25, -0.2) is 9.86 Å². The number of anilines is 1. The molecule has 3 rings (SSSR count). The number of phenols is 1. The Bertz CT molecular complexity index is 576. The molecule has 0 saturated heterocycles. The monoisotopic (exact) mass is 275 g/mol. The smallest absolute Gasteiger partial charge is 0.332 e. The molecule has 1 aromatic rings. The molecule has 1 fully saturated rings. The van der Waals surface area contributed by atoms with E-state index in [0.717, 1.165) is 35.3 Å². The topological polar surface area (TPSA) is 49.8 Å². The summed E-state index contributed by atoms with van der Waals surface area (Å²) >= 11 is 0. The van der Waals surface area contributed by atoms with Crippen LogP contribution in [-0.2, 0) is 16.1 Å². The van der Waals surface area contributed by atoms with Crippen molar-refractivity contribution in [1.82, 2.24) is 0 Å². The van der Waals surface area contributed by atoms with Crippen LogP contribution in [0.3, 0.4) is 0 Å². The van der Waals surface area contributed by atoms with Crippen molar-refractivity contribution in [3.05, 3.63) is 22.8 Å². The maximum Gasteiger partial charge on any atom is 0.332 e. The first-order valence-electron chi connectivity index (χ1n) is 7.26. The van der Waals surface area contributed by atoms with E-state index in [-0.39, 0.29) is 11.4 Å². The molecule has 108 valence electrons. The van der Waals surface area contributed by atoms with Gasteiger partial charge in [0, 0.05) is 6.42 Å². The maximum absolute atomic E-state index is 11.7. The van der Waals surface area contributed by atoms with Gasteiger partial charge in [-0.3, -0.25) is 0 Å². The summed E-state index contributed by atoms with van der Waals surface area (Å²) in [4.78, 5) is 17.2. The molecule has 0 bridgehead atoms. The third-order valence-corrected chi connectivity index (χ3v) is 4.67. The Morgan fingerprint density at radius 1 is 1.40 bits per heavy atom. The zero-order valence-corrected chi connectivity index (χ0v) is 12.3. The van der Waals surface area contributed by atoms with Gasteiger partial charge >= 0.3 is 5.97 Å². The van der Waals surface area contributed by atoms with E-state index >= 15 is 0 Å². The van der Waals surface area contributed by atoms with Gasteiger partial charge in [0.05, 0.1) is 12.2 Å². The Morgan fingerprint density at radius 2 is 2.10 bits per heavy atom. The molecule has 1 N–H and O–H groups in total. The molecule has 4 heteroatoms. The van der Waals surface area contributed by atoms with Crippen LogP contribution >= 0.6 is 0 Å². The number of benzene rings is 1. The van der Waals surface area contributed by atoms with E-state index in [1.165, 1.54) is 12.8 Å². The molecule has 1 spiro atoms. The Morgan fingerprint density at radius 3 is 2.70 bits per heavy atom. The average molecular weight is 275 g/mol. The van der Waals surface area contributed by atoms with Gasteiger partial charge in [-0.05, 0) is 61.3 Å². The van der Waals surface area contributed by atoms with E-state index in [1.807, 2.05) is 19.9 Å². The number of phenolic OH excluding ortho intramolecular Hbond substituents is 1. The summed E-state index contributed by atoms with van der Waals surface area (Å²) < 4.78 is 0. The number of carbonyl (C=O) groups is 1. The fourth-order valence-corrected chi connectivity index (χ4v) is 3.05. The third-order valence-electron chi connectivity index (χ3n) is 4.67. The van der Waals surface area contributed by atoms with Crippen molar-refractivity contribution in [1.29, 1.82) is 0 Å². The molecule has 1 aliphatic heterocycles. The molecule has 2 aliphatic rings. The molecule has 1 heterocycles. The standard InChI is InChI=1S/C16H21NO3/c1-4-14(19)20-17-9-16(5-6-16)8-12-7-13(18)10(2)11(3)15(12)17/h7,18H,4-6,8-9H2,1-3H3.